The number of nitro groups is 1. The predicted molar refractivity (Wildman–Crippen MR) is 78.8 cm³/mol. The topological polar surface area (TPSA) is 66.6 Å². The molecule has 2 rings (SSSR count). The summed E-state index contributed by atoms with van der Waals surface area (Å²) in [5.41, 5.74) is 1.50. The molecule has 1 unspecified atom stereocenters. The average molecular weight is 278 g/mol. The molecule has 1 atom stereocenters. The van der Waals surface area contributed by atoms with Gasteiger partial charge >= 0.3 is 0 Å². The minimum Gasteiger partial charge on any atom is -0.392 e. The molecule has 0 aromatic heterocycles. The molecule has 1 fully saturated rings. The first kappa shape index (κ1) is 14.8. The zero-order valence-corrected chi connectivity index (χ0v) is 12.1. The summed E-state index contributed by atoms with van der Waals surface area (Å²) in [6, 6.07) is 4.86. The molecule has 1 aromatic carbocycles. The van der Waals surface area contributed by atoms with Gasteiger partial charge < -0.3 is 10.0 Å². The molecule has 0 saturated carbocycles. The van der Waals surface area contributed by atoms with Crippen LogP contribution in [0.3, 0.4) is 0 Å². The maximum Gasteiger partial charge on any atom is 0.292 e. The zero-order valence-electron chi connectivity index (χ0n) is 12.1. The predicted octanol–water partition coefficient (Wildman–Crippen LogP) is 2.96. The van der Waals surface area contributed by atoms with Crippen LogP contribution in [0.4, 0.5) is 11.4 Å². The second-order valence-electron chi connectivity index (χ2n) is 5.97. The quantitative estimate of drug-likeness (QED) is 0.664. The van der Waals surface area contributed by atoms with Crippen LogP contribution in [0.5, 0.6) is 0 Å². The third kappa shape index (κ3) is 3.28. The Bertz CT molecular complexity index is 488. The van der Waals surface area contributed by atoms with Crippen LogP contribution in [-0.2, 0) is 6.61 Å². The molecule has 110 valence electrons. The van der Waals surface area contributed by atoms with E-state index in [1.807, 2.05) is 0 Å². The van der Waals surface area contributed by atoms with Gasteiger partial charge in [-0.25, -0.2) is 0 Å². The number of rotatable bonds is 5. The summed E-state index contributed by atoms with van der Waals surface area (Å²) in [7, 11) is 0. The van der Waals surface area contributed by atoms with Crippen molar-refractivity contribution in [1.29, 1.82) is 0 Å². The van der Waals surface area contributed by atoms with E-state index < -0.39 is 0 Å². The van der Waals surface area contributed by atoms with Crippen LogP contribution in [0.1, 0.15) is 32.3 Å². The molecule has 0 bridgehead atoms. The highest BCUT2D eigenvalue weighted by Gasteiger charge is 2.28. The number of anilines is 1. The van der Waals surface area contributed by atoms with Gasteiger partial charge in [-0.15, -0.1) is 0 Å². The summed E-state index contributed by atoms with van der Waals surface area (Å²) in [4.78, 5) is 12.9. The Kier molecular flexibility index (Phi) is 4.60. The largest absolute Gasteiger partial charge is 0.392 e. The van der Waals surface area contributed by atoms with Crippen molar-refractivity contribution in [2.24, 2.45) is 11.8 Å². The average Bonchev–Trinajstić information content (AvgIpc) is 2.85. The minimum absolute atomic E-state index is 0.0890. The molecule has 1 N–H and O–H groups in total. The minimum atomic E-state index is -0.341. The van der Waals surface area contributed by atoms with Crippen LogP contribution in [0.15, 0.2) is 18.2 Å². The Morgan fingerprint density at radius 2 is 2.25 bits per heavy atom. The van der Waals surface area contributed by atoms with Crippen molar-refractivity contribution >= 4 is 11.4 Å². The van der Waals surface area contributed by atoms with Crippen LogP contribution in [0.25, 0.3) is 0 Å². The van der Waals surface area contributed by atoms with Gasteiger partial charge in [0, 0.05) is 19.2 Å². The first-order valence-corrected chi connectivity index (χ1v) is 7.14. The summed E-state index contributed by atoms with van der Waals surface area (Å²) in [5.74, 6) is 1.26. The molecule has 1 heterocycles. The highest BCUT2D eigenvalue weighted by Crippen LogP contribution is 2.34. The monoisotopic (exact) mass is 278 g/mol. The number of nitro benzene ring substituents is 1. The van der Waals surface area contributed by atoms with Gasteiger partial charge in [-0.1, -0.05) is 13.8 Å². The molecule has 1 aliphatic rings. The lowest BCUT2D eigenvalue weighted by Gasteiger charge is -2.20. The molecule has 1 saturated heterocycles. The van der Waals surface area contributed by atoms with E-state index in [9.17, 15) is 15.2 Å². The third-order valence-corrected chi connectivity index (χ3v) is 3.85. The molecule has 1 aromatic rings. The number of benzene rings is 1. The first-order chi connectivity index (χ1) is 9.51. The highest BCUT2D eigenvalue weighted by atomic mass is 16.6. The van der Waals surface area contributed by atoms with Gasteiger partial charge in [-0.2, -0.15) is 0 Å². The number of aliphatic hydroxyl groups excluding tert-OH is 1. The second kappa shape index (κ2) is 6.22. The smallest absolute Gasteiger partial charge is 0.292 e. The van der Waals surface area contributed by atoms with Crippen molar-refractivity contribution in [3.05, 3.63) is 33.9 Å². The number of aliphatic hydroxyl groups is 1. The Labute approximate surface area is 119 Å². The summed E-state index contributed by atoms with van der Waals surface area (Å²) < 4.78 is 0. The number of nitrogens with zero attached hydrogens (tertiary/aromatic N) is 2. The van der Waals surface area contributed by atoms with E-state index in [0.29, 0.717) is 17.5 Å². The highest BCUT2D eigenvalue weighted by molar-refractivity contribution is 5.65. The van der Waals surface area contributed by atoms with Crippen molar-refractivity contribution < 1.29 is 10.0 Å². The molecular formula is C15H22N2O3. The van der Waals surface area contributed by atoms with Gasteiger partial charge in [0.2, 0.25) is 0 Å². The van der Waals surface area contributed by atoms with Gasteiger partial charge in [0.1, 0.15) is 5.69 Å². The lowest BCUT2D eigenvalue weighted by atomic mass is 9.97. The van der Waals surface area contributed by atoms with E-state index in [1.165, 1.54) is 6.07 Å². The van der Waals surface area contributed by atoms with Gasteiger partial charge in [0.15, 0.2) is 0 Å². The fourth-order valence-corrected chi connectivity index (χ4v) is 2.99. The Morgan fingerprint density at radius 1 is 1.50 bits per heavy atom. The number of hydrogen-bond donors (Lipinski definition) is 1. The molecule has 20 heavy (non-hydrogen) atoms. The Hall–Kier alpha value is -1.62. The first-order valence-electron chi connectivity index (χ1n) is 7.14. The van der Waals surface area contributed by atoms with Crippen LogP contribution < -0.4 is 4.90 Å². The van der Waals surface area contributed by atoms with Gasteiger partial charge in [-0.3, -0.25) is 10.1 Å². The lowest BCUT2D eigenvalue weighted by Crippen LogP contribution is -2.21. The van der Waals surface area contributed by atoms with E-state index in [1.54, 1.807) is 12.1 Å². The molecule has 1 aliphatic heterocycles. The van der Waals surface area contributed by atoms with Crippen LogP contribution >= 0.6 is 0 Å². The van der Waals surface area contributed by atoms with Crippen molar-refractivity contribution in [3.63, 3.8) is 0 Å². The Morgan fingerprint density at radius 3 is 2.85 bits per heavy atom. The van der Waals surface area contributed by atoms with Crippen molar-refractivity contribution in [2.45, 2.75) is 33.3 Å². The summed E-state index contributed by atoms with van der Waals surface area (Å²) in [5, 5.41) is 20.4. The Balaban J connectivity index is 2.21. The van der Waals surface area contributed by atoms with E-state index in [2.05, 4.69) is 18.7 Å². The summed E-state index contributed by atoms with van der Waals surface area (Å²) in [6.07, 6.45) is 2.24. The third-order valence-electron chi connectivity index (χ3n) is 3.85. The summed E-state index contributed by atoms with van der Waals surface area (Å²) >= 11 is 0. The van der Waals surface area contributed by atoms with E-state index in [-0.39, 0.29) is 17.2 Å². The van der Waals surface area contributed by atoms with E-state index >= 15 is 0 Å². The molecule has 0 aliphatic carbocycles. The van der Waals surface area contributed by atoms with Gasteiger partial charge in [0.25, 0.3) is 5.69 Å². The van der Waals surface area contributed by atoms with Crippen molar-refractivity contribution in [2.75, 3.05) is 18.0 Å². The van der Waals surface area contributed by atoms with E-state index in [0.717, 1.165) is 31.5 Å². The van der Waals surface area contributed by atoms with Crippen LogP contribution in [0, 0.1) is 22.0 Å². The standard InChI is InChI=1S/C15H22N2O3/c1-11(2)7-12-5-6-16(9-12)15-8-13(10-18)3-4-14(15)17(19)20/h3-4,8,11-12,18H,5-7,9-10H2,1-2H3. The normalized spacial score (nSPS) is 18.8. The molecule has 5 nitrogen and oxygen atoms in total. The second-order valence-corrected chi connectivity index (χ2v) is 5.97. The van der Waals surface area contributed by atoms with Gasteiger partial charge in [0.05, 0.1) is 11.5 Å². The maximum atomic E-state index is 11.2. The fraction of sp³-hybridized carbons (Fsp3) is 0.600. The molecule has 0 radical (unpaired) electrons. The van der Waals surface area contributed by atoms with E-state index in [4.69, 9.17) is 0 Å². The van der Waals surface area contributed by atoms with Gasteiger partial charge in [-0.05, 0) is 42.4 Å². The summed E-state index contributed by atoms with van der Waals surface area (Å²) in [6.45, 7) is 6.05. The zero-order chi connectivity index (χ0) is 14.7. The SMILES string of the molecule is CC(C)CC1CCN(c2cc(CO)ccc2[N+](=O)[O-])C1. The van der Waals surface area contributed by atoms with Crippen molar-refractivity contribution in [3.8, 4) is 0 Å². The fourth-order valence-electron chi connectivity index (χ4n) is 2.99. The van der Waals surface area contributed by atoms with Crippen LogP contribution in [-0.4, -0.2) is 23.1 Å². The molecule has 5 heteroatoms. The molecule has 0 spiro atoms. The lowest BCUT2D eigenvalue weighted by molar-refractivity contribution is -0.384. The maximum absolute atomic E-state index is 11.2. The number of hydrogen-bond acceptors (Lipinski definition) is 4. The molecular weight excluding hydrogens is 256 g/mol. The van der Waals surface area contributed by atoms with Crippen LogP contribution in [0.2, 0.25) is 0 Å². The molecule has 0 amide bonds. The van der Waals surface area contributed by atoms with Crippen molar-refractivity contribution in [1.82, 2.24) is 0 Å².